The second-order valence-corrected chi connectivity index (χ2v) is 29.6. The van der Waals surface area contributed by atoms with Crippen LogP contribution in [0.5, 0.6) is 0 Å². The second kappa shape index (κ2) is 61.0. The summed E-state index contributed by atoms with van der Waals surface area (Å²) in [5, 5.41) is 10.6. The molecule has 0 bridgehead atoms. The van der Waals surface area contributed by atoms with Gasteiger partial charge in [-0.25, -0.2) is 9.13 Å². The van der Waals surface area contributed by atoms with E-state index in [0.29, 0.717) is 25.7 Å². The quantitative estimate of drug-likeness (QED) is 0.0222. The molecular weight excluding hydrogens is 1170 g/mol. The van der Waals surface area contributed by atoms with E-state index in [9.17, 15) is 43.2 Å². The van der Waals surface area contributed by atoms with Crippen molar-refractivity contribution in [1.82, 2.24) is 0 Å². The van der Waals surface area contributed by atoms with Crippen molar-refractivity contribution in [3.8, 4) is 0 Å². The molecule has 528 valence electrons. The summed E-state index contributed by atoms with van der Waals surface area (Å²) < 4.78 is 68.2. The molecule has 0 aromatic heterocycles. The maximum absolute atomic E-state index is 13.0. The number of hydrogen-bond acceptors (Lipinski definition) is 15. The molecule has 89 heavy (non-hydrogen) atoms. The van der Waals surface area contributed by atoms with Crippen molar-refractivity contribution in [2.24, 2.45) is 17.8 Å². The van der Waals surface area contributed by atoms with E-state index in [2.05, 4.69) is 48.5 Å². The molecule has 0 spiro atoms. The lowest BCUT2D eigenvalue weighted by atomic mass is 10.0. The van der Waals surface area contributed by atoms with Crippen LogP contribution in [0.25, 0.3) is 0 Å². The Morgan fingerprint density at radius 2 is 0.517 bits per heavy atom. The number of phosphoric ester groups is 2. The number of aliphatic hydroxyl groups excluding tert-OH is 1. The summed E-state index contributed by atoms with van der Waals surface area (Å²) in [4.78, 5) is 72.5. The summed E-state index contributed by atoms with van der Waals surface area (Å²) in [5.74, 6) is 0.148. The molecule has 0 aliphatic heterocycles. The van der Waals surface area contributed by atoms with E-state index in [1.54, 1.807) is 0 Å². The fourth-order valence-electron chi connectivity index (χ4n) is 10.5. The van der Waals surface area contributed by atoms with Gasteiger partial charge in [0.25, 0.3) is 0 Å². The first-order valence-corrected chi connectivity index (χ1v) is 39.3. The molecule has 17 nitrogen and oxygen atoms in total. The average molecular weight is 1310 g/mol. The normalized spacial score (nSPS) is 14.2. The molecule has 0 heterocycles. The van der Waals surface area contributed by atoms with Gasteiger partial charge in [-0.3, -0.25) is 37.3 Å². The summed E-state index contributed by atoms with van der Waals surface area (Å²) in [6.45, 7) is 11.8. The molecule has 0 saturated heterocycles. The van der Waals surface area contributed by atoms with Crippen molar-refractivity contribution in [3.63, 3.8) is 0 Å². The van der Waals surface area contributed by atoms with E-state index in [4.69, 9.17) is 37.0 Å². The van der Waals surface area contributed by atoms with E-state index in [-0.39, 0.29) is 25.7 Å². The number of esters is 4. The van der Waals surface area contributed by atoms with Gasteiger partial charge in [-0.2, -0.15) is 0 Å². The van der Waals surface area contributed by atoms with Gasteiger partial charge >= 0.3 is 39.5 Å². The standard InChI is InChI=1S/C70H136O17P2/c1-8-9-10-11-12-30-37-44-51-67(72)80-57-65(87-70(75)54-47-40-33-26-25-29-36-43-50-63(6)7)59-84-88(76,77)82-55-64(71)56-83-89(78,79)85-60-66(86-69(74)53-46-39-32-24-20-16-14-18-22-28-35-42-49-62(4)5)58-81-68(73)52-45-38-31-23-19-15-13-17-21-27-34-41-48-61(2)3/h61-66,71H,8-60H2,1-7H3,(H,76,77)(H,78,79)/t64-,65+,66+/m0/s1. The SMILES string of the molecule is CCCCCCCCCCC(=O)OC[C@H](COP(=O)(O)OC[C@H](O)COP(=O)(O)OC[C@@H](COC(=O)CCCCCCCCCCCCCCC(C)C)OC(=O)CCCCCCCCCCCCCCC(C)C)OC(=O)CCCCCCCCCCC(C)C. The molecule has 0 aliphatic rings. The Balaban J connectivity index is 5.23. The van der Waals surface area contributed by atoms with Gasteiger partial charge in [0.2, 0.25) is 0 Å². The van der Waals surface area contributed by atoms with Gasteiger partial charge in [-0.15, -0.1) is 0 Å². The van der Waals surface area contributed by atoms with E-state index >= 15 is 0 Å². The highest BCUT2D eigenvalue weighted by Gasteiger charge is 2.30. The minimum Gasteiger partial charge on any atom is -0.462 e. The zero-order valence-corrected chi connectivity index (χ0v) is 59.7. The minimum atomic E-state index is -4.95. The summed E-state index contributed by atoms with van der Waals surface area (Å²) in [6, 6.07) is 0. The Bertz CT molecular complexity index is 1750. The van der Waals surface area contributed by atoms with E-state index < -0.39 is 97.5 Å². The highest BCUT2D eigenvalue weighted by Crippen LogP contribution is 2.45. The van der Waals surface area contributed by atoms with Crippen molar-refractivity contribution in [2.75, 3.05) is 39.6 Å². The molecule has 0 fully saturated rings. The number of aliphatic hydroxyl groups is 1. The second-order valence-electron chi connectivity index (χ2n) is 26.7. The topological polar surface area (TPSA) is 237 Å². The molecule has 0 saturated carbocycles. The number of unbranched alkanes of at least 4 members (excludes halogenated alkanes) is 36. The van der Waals surface area contributed by atoms with E-state index in [0.717, 1.165) is 114 Å². The van der Waals surface area contributed by atoms with E-state index in [1.165, 1.54) is 154 Å². The Labute approximate surface area is 543 Å². The van der Waals surface area contributed by atoms with Crippen LogP contribution in [-0.2, 0) is 65.4 Å². The summed E-state index contributed by atoms with van der Waals surface area (Å²) in [7, 11) is -9.90. The molecule has 0 radical (unpaired) electrons. The van der Waals surface area contributed by atoms with Crippen molar-refractivity contribution < 1.29 is 80.2 Å². The van der Waals surface area contributed by atoms with Crippen molar-refractivity contribution in [2.45, 2.75) is 369 Å². The first-order valence-electron chi connectivity index (χ1n) is 36.3. The summed E-state index contributed by atoms with van der Waals surface area (Å²) in [5.41, 5.74) is 0. The molecule has 3 N–H and O–H groups in total. The molecule has 0 aromatic rings. The zero-order valence-electron chi connectivity index (χ0n) is 57.9. The number of rotatable bonds is 68. The van der Waals surface area contributed by atoms with Crippen LogP contribution in [0.4, 0.5) is 0 Å². The minimum absolute atomic E-state index is 0.104. The number of carbonyl (C=O) groups excluding carboxylic acids is 4. The Kier molecular flexibility index (Phi) is 59.6. The first kappa shape index (κ1) is 87.1. The number of hydrogen-bond donors (Lipinski definition) is 3. The molecule has 19 heteroatoms. The number of ether oxygens (including phenoxy) is 4. The third kappa shape index (κ3) is 64.6. The van der Waals surface area contributed by atoms with Gasteiger partial charge < -0.3 is 33.8 Å². The fourth-order valence-corrected chi connectivity index (χ4v) is 12.1. The molecule has 0 aromatic carbocycles. The highest BCUT2D eigenvalue weighted by molar-refractivity contribution is 7.47. The fraction of sp³-hybridized carbons (Fsp3) is 0.943. The highest BCUT2D eigenvalue weighted by atomic mass is 31.2. The largest absolute Gasteiger partial charge is 0.472 e. The number of phosphoric acid groups is 2. The zero-order chi connectivity index (χ0) is 65.9. The van der Waals surface area contributed by atoms with Gasteiger partial charge in [-0.05, 0) is 43.4 Å². The Morgan fingerprint density at radius 1 is 0.303 bits per heavy atom. The van der Waals surface area contributed by atoms with Crippen LogP contribution in [0, 0.1) is 17.8 Å². The molecule has 5 atom stereocenters. The monoisotopic (exact) mass is 1310 g/mol. The van der Waals surface area contributed by atoms with Crippen LogP contribution in [0.3, 0.4) is 0 Å². The third-order valence-corrected chi connectivity index (χ3v) is 18.0. The Hall–Kier alpha value is -1.94. The lowest BCUT2D eigenvalue weighted by molar-refractivity contribution is -0.161. The first-order chi connectivity index (χ1) is 42.7. The molecule has 0 amide bonds. The van der Waals surface area contributed by atoms with Crippen LogP contribution in [-0.4, -0.2) is 96.7 Å². The van der Waals surface area contributed by atoms with Gasteiger partial charge in [0, 0.05) is 25.7 Å². The molecule has 0 aliphatic carbocycles. The van der Waals surface area contributed by atoms with Gasteiger partial charge in [0.05, 0.1) is 26.4 Å². The molecule has 2 unspecified atom stereocenters. The lowest BCUT2D eigenvalue weighted by Crippen LogP contribution is -2.30. The summed E-state index contributed by atoms with van der Waals surface area (Å²) in [6.07, 6.45) is 44.5. The summed E-state index contributed by atoms with van der Waals surface area (Å²) >= 11 is 0. The predicted octanol–water partition coefficient (Wildman–Crippen LogP) is 19.8. The Morgan fingerprint density at radius 3 is 0.764 bits per heavy atom. The third-order valence-electron chi connectivity index (χ3n) is 16.1. The lowest BCUT2D eigenvalue weighted by Gasteiger charge is -2.21. The van der Waals surface area contributed by atoms with Crippen LogP contribution >= 0.6 is 15.6 Å². The maximum Gasteiger partial charge on any atom is 0.472 e. The van der Waals surface area contributed by atoms with Gasteiger partial charge in [0.15, 0.2) is 12.2 Å². The maximum atomic E-state index is 13.0. The van der Waals surface area contributed by atoms with Crippen LogP contribution in [0.15, 0.2) is 0 Å². The van der Waals surface area contributed by atoms with Crippen LogP contribution < -0.4 is 0 Å². The van der Waals surface area contributed by atoms with Crippen LogP contribution in [0.1, 0.15) is 350 Å². The molecule has 0 rings (SSSR count). The smallest absolute Gasteiger partial charge is 0.462 e. The average Bonchev–Trinajstić information content (AvgIpc) is 3.68. The van der Waals surface area contributed by atoms with Crippen molar-refractivity contribution in [1.29, 1.82) is 0 Å². The van der Waals surface area contributed by atoms with Crippen LogP contribution in [0.2, 0.25) is 0 Å². The van der Waals surface area contributed by atoms with E-state index in [1.807, 2.05) is 0 Å². The van der Waals surface area contributed by atoms with Gasteiger partial charge in [-0.1, -0.05) is 299 Å². The predicted molar refractivity (Wildman–Crippen MR) is 358 cm³/mol. The van der Waals surface area contributed by atoms with Crippen molar-refractivity contribution >= 4 is 39.5 Å². The van der Waals surface area contributed by atoms with Crippen molar-refractivity contribution in [3.05, 3.63) is 0 Å². The number of carbonyl (C=O) groups is 4. The molecular formula is C70H136O17P2. The van der Waals surface area contributed by atoms with Gasteiger partial charge in [0.1, 0.15) is 19.3 Å².